The van der Waals surface area contributed by atoms with Gasteiger partial charge < -0.3 is 81.3 Å². The fourth-order valence-electron chi connectivity index (χ4n) is 10.6. The van der Waals surface area contributed by atoms with Gasteiger partial charge in [0.15, 0.2) is 0 Å². The molecule has 520 valence electrons. The van der Waals surface area contributed by atoms with Crippen LogP contribution in [0.1, 0.15) is 109 Å². The van der Waals surface area contributed by atoms with Crippen molar-refractivity contribution in [3.63, 3.8) is 0 Å². The number of carbonyl (C=O) groups is 8. The molecular weight excluding hydrogens is 1260 g/mol. The lowest BCUT2D eigenvalue weighted by Gasteiger charge is -2.26. The van der Waals surface area contributed by atoms with E-state index in [1.165, 1.54) is 9.21 Å². The number of sulfonamides is 1. The first-order valence-electron chi connectivity index (χ1n) is 32.1. The van der Waals surface area contributed by atoms with Gasteiger partial charge in [0.2, 0.25) is 45.5 Å². The van der Waals surface area contributed by atoms with E-state index in [4.69, 9.17) is 4.74 Å². The number of urea groups is 1. The number of imide groups is 1. The Bertz CT molecular complexity index is 3270. The average Bonchev–Trinajstić information content (AvgIpc) is 1.05. The summed E-state index contributed by atoms with van der Waals surface area (Å²) in [5.41, 5.74) is 7.84. The zero-order chi connectivity index (χ0) is 70.5. The van der Waals surface area contributed by atoms with Crippen LogP contribution in [0.15, 0.2) is 97.1 Å². The molecule has 96 heavy (non-hydrogen) atoms. The third-order valence-electron chi connectivity index (χ3n) is 16.2. The zero-order valence-corrected chi connectivity index (χ0v) is 55.6. The molecule has 14 N–H and O–H groups in total. The number of benzene rings is 4. The second kappa shape index (κ2) is 40.2. The summed E-state index contributed by atoms with van der Waals surface area (Å²) in [5, 5.41) is 90.8. The van der Waals surface area contributed by atoms with Crippen LogP contribution in [0, 0.1) is 20.8 Å². The third-order valence-corrected chi connectivity index (χ3v) is 18.1. The number of amides is 9. The molecule has 0 radical (unpaired) electrons. The van der Waals surface area contributed by atoms with Gasteiger partial charge in [0.05, 0.1) is 42.7 Å². The van der Waals surface area contributed by atoms with Crippen molar-refractivity contribution in [2.45, 2.75) is 147 Å². The number of nitrogens with zero attached hydrogens (tertiary/aromatic N) is 3. The van der Waals surface area contributed by atoms with Crippen LogP contribution in [0.4, 0.5) is 4.79 Å². The van der Waals surface area contributed by atoms with E-state index in [2.05, 4.69) is 31.9 Å². The minimum absolute atomic E-state index is 0.00362. The van der Waals surface area contributed by atoms with Crippen LogP contribution in [-0.4, -0.2) is 221 Å². The predicted octanol–water partition coefficient (Wildman–Crippen LogP) is -1.59. The van der Waals surface area contributed by atoms with Gasteiger partial charge in [0.25, 0.3) is 5.91 Å². The quantitative estimate of drug-likeness (QED) is 0.0215. The highest BCUT2D eigenvalue weighted by Gasteiger charge is 2.34. The molecule has 0 spiro atoms. The van der Waals surface area contributed by atoms with Crippen LogP contribution in [0.3, 0.4) is 0 Å². The SMILES string of the molecule is COCc1ccc(C[C@H](NC(=O)CCN2CCCC2=O)B(O)O)cc1.Cc1ccc(C[C@H](NC(=O)CCN2CCCCS2(=O)=O)B(O)O)cc1.Cc1ccc(C[C@H](NC(=O)CC[C@@H]2NC(=O)NC2=O)B(O)O)cc1.Cc1ccc(C[C@H](NC(=O)CN2CCCC2=O)B(O)O)cc1. The second-order valence-electron chi connectivity index (χ2n) is 24.3. The number of carbonyl (C=O) groups excluding carboxylic acids is 8. The monoisotopic (exact) mass is 1350 g/mol. The number of ether oxygens (including phenoxy) is 1. The van der Waals surface area contributed by atoms with Crippen LogP contribution in [-0.2, 0) is 80.6 Å². The van der Waals surface area contributed by atoms with Crippen molar-refractivity contribution in [2.75, 3.05) is 52.1 Å². The van der Waals surface area contributed by atoms with Crippen molar-refractivity contribution in [3.05, 3.63) is 142 Å². The Labute approximate surface area is 561 Å². The van der Waals surface area contributed by atoms with E-state index in [-0.39, 0.29) is 81.0 Å². The van der Waals surface area contributed by atoms with Gasteiger partial charge in [-0.3, -0.25) is 38.9 Å². The molecule has 5 atom stereocenters. The van der Waals surface area contributed by atoms with Gasteiger partial charge in [0.1, 0.15) is 6.04 Å². The molecule has 8 rings (SSSR count). The van der Waals surface area contributed by atoms with E-state index in [1.807, 2.05) is 118 Å². The number of rotatable bonds is 29. The lowest BCUT2D eigenvalue weighted by molar-refractivity contribution is -0.133. The molecule has 33 heteroatoms. The largest absolute Gasteiger partial charge is 0.475 e. The van der Waals surface area contributed by atoms with Gasteiger partial charge in [-0.1, -0.05) is 114 Å². The van der Waals surface area contributed by atoms with E-state index >= 15 is 0 Å². The summed E-state index contributed by atoms with van der Waals surface area (Å²) in [4.78, 5) is 96.7. The fraction of sp³-hybridized carbons (Fsp3) is 0.492. The topological polar surface area (TPSA) is 424 Å². The molecule has 4 aliphatic rings. The molecule has 4 heterocycles. The molecule has 0 unspecified atom stereocenters. The van der Waals surface area contributed by atoms with Crippen molar-refractivity contribution in [1.82, 2.24) is 46.0 Å². The number of hydrogen-bond acceptors (Lipinski definition) is 19. The Kier molecular flexibility index (Phi) is 33.2. The van der Waals surface area contributed by atoms with Crippen molar-refractivity contribution in [3.8, 4) is 0 Å². The van der Waals surface area contributed by atoms with Crippen LogP contribution >= 0.6 is 0 Å². The lowest BCUT2D eigenvalue weighted by atomic mass is 9.75. The molecule has 4 fully saturated rings. The second-order valence-corrected chi connectivity index (χ2v) is 26.3. The Morgan fingerprint density at radius 3 is 1.25 bits per heavy atom. The van der Waals surface area contributed by atoms with E-state index in [1.54, 1.807) is 12.0 Å². The Morgan fingerprint density at radius 1 is 0.510 bits per heavy atom. The molecule has 4 saturated heterocycles. The van der Waals surface area contributed by atoms with Gasteiger partial charge >= 0.3 is 34.5 Å². The Morgan fingerprint density at radius 2 is 0.885 bits per heavy atom. The summed E-state index contributed by atoms with van der Waals surface area (Å²) in [7, 11) is -8.34. The highest BCUT2D eigenvalue weighted by molar-refractivity contribution is 7.89. The summed E-state index contributed by atoms with van der Waals surface area (Å²) < 4.78 is 30.2. The minimum atomic E-state index is -3.26. The Balaban J connectivity index is 0.000000232. The van der Waals surface area contributed by atoms with Gasteiger partial charge in [-0.05, 0) is 106 Å². The summed E-state index contributed by atoms with van der Waals surface area (Å²) in [6.45, 7) is 8.54. The molecular formula is C63H91B4N9O19S. The molecule has 0 bridgehead atoms. The van der Waals surface area contributed by atoms with Crippen molar-refractivity contribution >= 4 is 85.9 Å². The first-order chi connectivity index (χ1) is 45.6. The summed E-state index contributed by atoms with van der Waals surface area (Å²) in [5.74, 6) is -5.08. The van der Waals surface area contributed by atoms with Crippen LogP contribution < -0.4 is 31.9 Å². The van der Waals surface area contributed by atoms with Crippen molar-refractivity contribution < 1.29 is 91.7 Å². The highest BCUT2D eigenvalue weighted by Crippen LogP contribution is 2.17. The number of methoxy groups -OCH3 is 1. The fourth-order valence-corrected chi connectivity index (χ4v) is 12.2. The number of likely N-dealkylation sites (tertiary alicyclic amines) is 2. The maximum Gasteiger partial charge on any atom is 0.475 e. The lowest BCUT2D eigenvalue weighted by Crippen LogP contribution is -2.50. The van der Waals surface area contributed by atoms with E-state index in [0.717, 1.165) is 63.8 Å². The van der Waals surface area contributed by atoms with Gasteiger partial charge in [-0.2, -0.15) is 0 Å². The third kappa shape index (κ3) is 28.6. The first-order valence-corrected chi connectivity index (χ1v) is 33.7. The van der Waals surface area contributed by atoms with E-state index in [9.17, 15) is 87.0 Å². The van der Waals surface area contributed by atoms with Crippen LogP contribution in [0.2, 0.25) is 0 Å². The summed E-state index contributed by atoms with van der Waals surface area (Å²) >= 11 is 0. The van der Waals surface area contributed by atoms with Gasteiger partial charge in [0, 0.05) is 71.9 Å². The molecule has 9 amide bonds. The number of hydrogen-bond donors (Lipinski definition) is 14. The van der Waals surface area contributed by atoms with Crippen molar-refractivity contribution in [1.29, 1.82) is 0 Å². The zero-order valence-electron chi connectivity index (χ0n) is 54.8. The minimum Gasteiger partial charge on any atom is -0.426 e. The maximum absolute atomic E-state index is 12.1. The first kappa shape index (κ1) is 79.1. The number of aryl methyl sites for hydroxylation is 3. The molecule has 0 saturated carbocycles. The molecule has 4 aromatic carbocycles. The van der Waals surface area contributed by atoms with Crippen LogP contribution in [0.25, 0.3) is 0 Å². The van der Waals surface area contributed by atoms with E-state index < -0.39 is 92.1 Å². The van der Waals surface area contributed by atoms with Crippen LogP contribution in [0.5, 0.6) is 0 Å². The summed E-state index contributed by atoms with van der Waals surface area (Å²) in [6.07, 6.45) is 5.51. The molecule has 0 aromatic heterocycles. The normalized spacial score (nSPS) is 16.9. The summed E-state index contributed by atoms with van der Waals surface area (Å²) in [6, 6.07) is 29.0. The molecule has 4 aliphatic heterocycles. The number of nitrogens with one attached hydrogen (secondary N) is 6. The van der Waals surface area contributed by atoms with Crippen molar-refractivity contribution in [2.24, 2.45) is 0 Å². The van der Waals surface area contributed by atoms with E-state index in [0.29, 0.717) is 64.9 Å². The molecule has 28 nitrogen and oxygen atoms in total. The Hall–Kier alpha value is -7.55. The molecule has 4 aromatic rings. The van der Waals surface area contributed by atoms with Gasteiger partial charge in [-0.15, -0.1) is 0 Å². The highest BCUT2D eigenvalue weighted by atomic mass is 32.2. The smallest absolute Gasteiger partial charge is 0.426 e. The molecule has 0 aliphatic carbocycles. The standard InChI is InChI=1S/C17H25BN2O5.C16H25BN2O5S.C15H20BN3O5.C15H21BN2O4/c1-25-12-14-6-4-13(5-7-14)11-15(18(23)24)19-16(21)8-10-20-9-2-3-17(20)22;1-13-4-6-14(7-5-13)12-15(17(21)22)18-16(20)8-10-19-9-2-3-11-25(19,23)24;1-9-2-4-10(5-3-9)8-12(16(23)24)18-13(20)7-6-11-14(21)19-15(22)17-11;1-11-4-6-12(7-5-11)9-13(16(21)22)17-14(19)10-18-8-2-3-15(18)20/h4-7,15,23-24H,2-3,8-12H2,1H3,(H,19,21);4-7,15,21-22H,2-3,8-12H2,1H3,(H,18,20);2-5,11-12,23-24H,6-8H2,1H3,(H,18,20)(H2,17,19,21,22);4-7,13,21-22H,2-3,8-10H2,1H3,(H,17,19)/t2*15-;11-,12-;13-/m0000/s1. The predicted molar refractivity (Wildman–Crippen MR) is 359 cm³/mol. The maximum atomic E-state index is 12.1. The van der Waals surface area contributed by atoms with Gasteiger partial charge in [-0.25, -0.2) is 17.5 Å². The average molecular weight is 1350 g/mol.